The van der Waals surface area contributed by atoms with E-state index in [9.17, 15) is 4.79 Å². The standard InChI is InChI=1S/C11H14N2O2/c1-8-6-11(13-15-8)12-7-9-4-2-3-5-10(9)14/h6-7H,2-5H2,1H3,(H,12,13)/b9-7-. The van der Waals surface area contributed by atoms with Gasteiger partial charge >= 0.3 is 0 Å². The van der Waals surface area contributed by atoms with E-state index in [1.807, 2.05) is 6.92 Å². The third kappa shape index (κ3) is 2.46. The molecule has 0 aliphatic heterocycles. The lowest BCUT2D eigenvalue weighted by Gasteiger charge is -2.11. The van der Waals surface area contributed by atoms with Crippen LogP contribution in [-0.4, -0.2) is 10.9 Å². The molecule has 1 saturated carbocycles. The molecule has 1 heterocycles. The van der Waals surface area contributed by atoms with Gasteiger partial charge in [-0.2, -0.15) is 0 Å². The summed E-state index contributed by atoms with van der Waals surface area (Å²) in [6.07, 6.45) is 5.39. The molecule has 15 heavy (non-hydrogen) atoms. The molecule has 0 unspecified atom stereocenters. The Labute approximate surface area is 88.3 Å². The van der Waals surface area contributed by atoms with Crippen LogP contribution in [0.3, 0.4) is 0 Å². The molecule has 1 N–H and O–H groups in total. The summed E-state index contributed by atoms with van der Waals surface area (Å²) < 4.78 is 4.90. The van der Waals surface area contributed by atoms with Crippen molar-refractivity contribution < 1.29 is 9.32 Å². The molecule has 1 aromatic heterocycles. The van der Waals surface area contributed by atoms with Gasteiger partial charge in [0.1, 0.15) is 5.76 Å². The van der Waals surface area contributed by atoms with Crippen molar-refractivity contribution in [2.45, 2.75) is 32.6 Å². The summed E-state index contributed by atoms with van der Waals surface area (Å²) in [4.78, 5) is 11.5. The summed E-state index contributed by atoms with van der Waals surface area (Å²) in [6, 6.07) is 1.80. The number of rotatable bonds is 2. The minimum atomic E-state index is 0.244. The van der Waals surface area contributed by atoms with Gasteiger partial charge in [0.2, 0.25) is 0 Å². The predicted octanol–water partition coefficient (Wildman–Crippen LogP) is 2.42. The van der Waals surface area contributed by atoms with Crippen molar-refractivity contribution in [3.8, 4) is 0 Å². The van der Waals surface area contributed by atoms with Crippen LogP contribution >= 0.6 is 0 Å². The second-order valence-electron chi connectivity index (χ2n) is 3.77. The highest BCUT2D eigenvalue weighted by molar-refractivity contribution is 5.96. The summed E-state index contributed by atoms with van der Waals surface area (Å²) in [5, 5.41) is 6.76. The van der Waals surface area contributed by atoms with E-state index in [1.54, 1.807) is 12.3 Å². The van der Waals surface area contributed by atoms with Crippen molar-refractivity contribution in [2.24, 2.45) is 0 Å². The first kappa shape index (κ1) is 9.96. The predicted molar refractivity (Wildman–Crippen MR) is 56.4 cm³/mol. The summed E-state index contributed by atoms with van der Waals surface area (Å²) in [6.45, 7) is 1.83. The van der Waals surface area contributed by atoms with Crippen molar-refractivity contribution in [2.75, 3.05) is 5.32 Å². The summed E-state index contributed by atoms with van der Waals surface area (Å²) in [7, 11) is 0. The highest BCUT2D eigenvalue weighted by Crippen LogP contribution is 2.19. The smallest absolute Gasteiger partial charge is 0.173 e. The molecule has 0 saturated heterocycles. The third-order valence-electron chi connectivity index (χ3n) is 2.48. The van der Waals surface area contributed by atoms with E-state index in [0.29, 0.717) is 12.2 Å². The van der Waals surface area contributed by atoms with Crippen molar-refractivity contribution in [1.29, 1.82) is 0 Å². The number of ketones is 1. The fourth-order valence-corrected chi connectivity index (χ4v) is 1.65. The zero-order valence-corrected chi connectivity index (χ0v) is 8.75. The molecular formula is C11H14N2O2. The van der Waals surface area contributed by atoms with E-state index >= 15 is 0 Å². The van der Waals surface area contributed by atoms with Crippen molar-refractivity contribution in [1.82, 2.24) is 5.16 Å². The minimum Gasteiger partial charge on any atom is -0.360 e. The number of carbonyl (C=O) groups is 1. The van der Waals surface area contributed by atoms with Gasteiger partial charge in [-0.1, -0.05) is 5.16 Å². The number of hydrogen-bond acceptors (Lipinski definition) is 4. The molecule has 0 aromatic carbocycles. The van der Waals surface area contributed by atoms with Gasteiger partial charge in [-0.05, 0) is 26.2 Å². The Bertz CT molecular complexity index is 393. The number of aromatic nitrogens is 1. The van der Waals surface area contributed by atoms with E-state index in [-0.39, 0.29) is 5.78 Å². The molecule has 80 valence electrons. The molecule has 1 aliphatic rings. The van der Waals surface area contributed by atoms with Crippen molar-refractivity contribution in [3.05, 3.63) is 23.6 Å². The largest absolute Gasteiger partial charge is 0.360 e. The summed E-state index contributed by atoms with van der Waals surface area (Å²) in [5.41, 5.74) is 0.863. The fourth-order valence-electron chi connectivity index (χ4n) is 1.65. The van der Waals surface area contributed by atoms with Crippen LogP contribution in [0.5, 0.6) is 0 Å². The normalized spacial score (nSPS) is 19.5. The van der Waals surface area contributed by atoms with E-state index in [4.69, 9.17) is 4.52 Å². The Hall–Kier alpha value is -1.58. The zero-order chi connectivity index (χ0) is 10.7. The van der Waals surface area contributed by atoms with E-state index in [2.05, 4.69) is 10.5 Å². The summed E-state index contributed by atoms with van der Waals surface area (Å²) in [5.74, 6) is 1.65. The van der Waals surface area contributed by atoms with Crippen LogP contribution in [-0.2, 0) is 4.79 Å². The van der Waals surface area contributed by atoms with Crippen molar-refractivity contribution in [3.63, 3.8) is 0 Å². The maximum Gasteiger partial charge on any atom is 0.173 e. The molecule has 4 heteroatoms. The monoisotopic (exact) mass is 206 g/mol. The van der Waals surface area contributed by atoms with Crippen LogP contribution in [0, 0.1) is 6.92 Å². The topological polar surface area (TPSA) is 55.1 Å². The SMILES string of the molecule is Cc1cc(N/C=C2/CCCCC2=O)no1. The molecule has 0 radical (unpaired) electrons. The Balaban J connectivity index is 2.01. The molecule has 1 fully saturated rings. The van der Waals surface area contributed by atoms with Gasteiger partial charge in [0, 0.05) is 24.3 Å². The number of nitrogens with one attached hydrogen (secondary N) is 1. The average molecular weight is 206 g/mol. The van der Waals surface area contributed by atoms with Gasteiger partial charge in [0.15, 0.2) is 11.6 Å². The second kappa shape index (κ2) is 4.29. The maximum atomic E-state index is 11.5. The Morgan fingerprint density at radius 1 is 1.47 bits per heavy atom. The number of hydrogen-bond donors (Lipinski definition) is 1. The number of anilines is 1. The summed E-state index contributed by atoms with van der Waals surface area (Å²) >= 11 is 0. The highest BCUT2D eigenvalue weighted by atomic mass is 16.5. The first-order valence-electron chi connectivity index (χ1n) is 5.18. The molecule has 0 amide bonds. The molecule has 1 aliphatic carbocycles. The quantitative estimate of drug-likeness (QED) is 0.755. The van der Waals surface area contributed by atoms with E-state index < -0.39 is 0 Å². The van der Waals surface area contributed by atoms with Crippen LogP contribution in [0.1, 0.15) is 31.4 Å². The number of Topliss-reactive ketones (excluding diaryl/α,β-unsaturated/α-hetero) is 1. The lowest BCUT2D eigenvalue weighted by atomic mass is 9.94. The van der Waals surface area contributed by atoms with Gasteiger partial charge in [0.05, 0.1) is 0 Å². The zero-order valence-electron chi connectivity index (χ0n) is 8.75. The Kier molecular flexibility index (Phi) is 2.85. The average Bonchev–Trinajstić information content (AvgIpc) is 2.63. The van der Waals surface area contributed by atoms with Crippen LogP contribution in [0.25, 0.3) is 0 Å². The lowest BCUT2D eigenvalue weighted by Crippen LogP contribution is -2.09. The Morgan fingerprint density at radius 2 is 2.27 bits per heavy atom. The van der Waals surface area contributed by atoms with Gasteiger partial charge < -0.3 is 9.84 Å². The van der Waals surface area contributed by atoms with Gasteiger partial charge in [-0.15, -0.1) is 0 Å². The van der Waals surface area contributed by atoms with Crippen LogP contribution < -0.4 is 5.32 Å². The second-order valence-corrected chi connectivity index (χ2v) is 3.77. The molecule has 4 nitrogen and oxygen atoms in total. The number of allylic oxidation sites excluding steroid dienone is 1. The molecule has 0 atom stereocenters. The number of aryl methyl sites for hydroxylation is 1. The van der Waals surface area contributed by atoms with Crippen molar-refractivity contribution >= 4 is 11.6 Å². The highest BCUT2D eigenvalue weighted by Gasteiger charge is 2.14. The Morgan fingerprint density at radius 3 is 2.93 bits per heavy atom. The molecule has 1 aromatic rings. The van der Waals surface area contributed by atoms with Gasteiger partial charge in [-0.3, -0.25) is 4.79 Å². The first-order chi connectivity index (χ1) is 7.25. The molecule has 0 spiro atoms. The number of nitrogens with zero attached hydrogens (tertiary/aromatic N) is 1. The molecule has 2 rings (SSSR count). The van der Waals surface area contributed by atoms with Crippen LogP contribution in [0.4, 0.5) is 5.82 Å². The lowest BCUT2D eigenvalue weighted by molar-refractivity contribution is -0.116. The van der Waals surface area contributed by atoms with Gasteiger partial charge in [0.25, 0.3) is 0 Å². The number of carbonyl (C=O) groups excluding carboxylic acids is 1. The van der Waals surface area contributed by atoms with E-state index in [0.717, 1.165) is 30.6 Å². The van der Waals surface area contributed by atoms with E-state index in [1.165, 1.54) is 0 Å². The molecular weight excluding hydrogens is 192 g/mol. The maximum absolute atomic E-state index is 11.5. The van der Waals surface area contributed by atoms with Gasteiger partial charge in [-0.25, -0.2) is 0 Å². The third-order valence-corrected chi connectivity index (χ3v) is 2.48. The van der Waals surface area contributed by atoms with Crippen LogP contribution in [0.2, 0.25) is 0 Å². The minimum absolute atomic E-state index is 0.244. The van der Waals surface area contributed by atoms with Crippen LogP contribution in [0.15, 0.2) is 22.4 Å². The molecule has 0 bridgehead atoms. The fraction of sp³-hybridized carbons (Fsp3) is 0.455. The first-order valence-corrected chi connectivity index (χ1v) is 5.18.